The van der Waals surface area contributed by atoms with Gasteiger partial charge in [0.05, 0.1) is 0 Å². The van der Waals surface area contributed by atoms with Gasteiger partial charge in [-0.15, -0.1) is 24.0 Å². The lowest BCUT2D eigenvalue weighted by Gasteiger charge is -1.91. The van der Waals surface area contributed by atoms with Gasteiger partial charge in [0.25, 0.3) is 0 Å². The predicted octanol–water partition coefficient (Wildman–Crippen LogP) is 2.19. The van der Waals surface area contributed by atoms with Crippen LogP contribution in [0.4, 0.5) is 0 Å². The SMILES string of the molecule is O=C(O)c1sc(-c2cccnc2)nc1S. The Balaban J connectivity index is 2.48. The summed E-state index contributed by atoms with van der Waals surface area (Å²) in [6, 6.07) is 3.60. The number of pyridine rings is 1. The number of thiazole rings is 1. The van der Waals surface area contributed by atoms with E-state index in [1.807, 2.05) is 6.07 Å². The topological polar surface area (TPSA) is 63.1 Å². The summed E-state index contributed by atoms with van der Waals surface area (Å²) in [6.07, 6.45) is 3.29. The lowest BCUT2D eigenvalue weighted by Crippen LogP contribution is -1.92. The molecule has 15 heavy (non-hydrogen) atoms. The number of aromatic carboxylic acids is 1. The van der Waals surface area contributed by atoms with Gasteiger partial charge in [0.2, 0.25) is 0 Å². The molecule has 0 unspecified atom stereocenters. The van der Waals surface area contributed by atoms with Crippen LogP contribution in [0.2, 0.25) is 0 Å². The molecular formula is C9H6N2O2S2. The third-order valence-electron chi connectivity index (χ3n) is 1.71. The number of thiol groups is 1. The van der Waals surface area contributed by atoms with E-state index < -0.39 is 5.97 Å². The van der Waals surface area contributed by atoms with Crippen molar-refractivity contribution in [2.75, 3.05) is 0 Å². The van der Waals surface area contributed by atoms with E-state index in [4.69, 9.17) is 5.11 Å². The van der Waals surface area contributed by atoms with E-state index >= 15 is 0 Å². The molecule has 0 bridgehead atoms. The lowest BCUT2D eigenvalue weighted by molar-refractivity contribution is 0.0698. The van der Waals surface area contributed by atoms with Gasteiger partial charge in [-0.1, -0.05) is 0 Å². The van der Waals surface area contributed by atoms with E-state index in [1.165, 1.54) is 0 Å². The Bertz CT molecular complexity index is 496. The second-order valence-electron chi connectivity index (χ2n) is 2.72. The molecule has 0 aliphatic rings. The normalized spacial score (nSPS) is 10.2. The summed E-state index contributed by atoms with van der Waals surface area (Å²) in [5, 5.41) is 9.69. The Morgan fingerprint density at radius 1 is 1.53 bits per heavy atom. The molecule has 1 N–H and O–H groups in total. The fourth-order valence-corrected chi connectivity index (χ4v) is 2.26. The number of carboxylic acids is 1. The smallest absolute Gasteiger partial charge is 0.348 e. The summed E-state index contributed by atoms with van der Waals surface area (Å²) < 4.78 is 0. The molecular weight excluding hydrogens is 232 g/mol. The summed E-state index contributed by atoms with van der Waals surface area (Å²) in [6.45, 7) is 0. The van der Waals surface area contributed by atoms with Crippen LogP contribution >= 0.6 is 24.0 Å². The molecule has 6 heteroatoms. The molecule has 0 fully saturated rings. The molecule has 2 aromatic heterocycles. The molecule has 0 radical (unpaired) electrons. The molecule has 0 aliphatic heterocycles. The largest absolute Gasteiger partial charge is 0.477 e. The number of hydrogen-bond acceptors (Lipinski definition) is 5. The summed E-state index contributed by atoms with van der Waals surface area (Å²) >= 11 is 5.10. The maximum Gasteiger partial charge on any atom is 0.348 e. The van der Waals surface area contributed by atoms with Crippen molar-refractivity contribution in [3.63, 3.8) is 0 Å². The highest BCUT2D eigenvalue weighted by Gasteiger charge is 2.15. The maximum absolute atomic E-state index is 10.8. The highest BCUT2D eigenvalue weighted by Crippen LogP contribution is 2.29. The fraction of sp³-hybridized carbons (Fsp3) is 0. The molecule has 4 nitrogen and oxygen atoms in total. The van der Waals surface area contributed by atoms with Crippen LogP contribution in [0.1, 0.15) is 9.67 Å². The van der Waals surface area contributed by atoms with Crippen LogP contribution in [0.3, 0.4) is 0 Å². The highest BCUT2D eigenvalue weighted by atomic mass is 32.1. The average Bonchev–Trinajstić information content (AvgIpc) is 2.62. The zero-order chi connectivity index (χ0) is 10.8. The number of aromatic nitrogens is 2. The molecule has 2 aromatic rings. The monoisotopic (exact) mass is 238 g/mol. The van der Waals surface area contributed by atoms with Crippen LogP contribution in [0, 0.1) is 0 Å². The molecule has 0 saturated carbocycles. The van der Waals surface area contributed by atoms with Crippen molar-refractivity contribution in [2.45, 2.75) is 5.03 Å². The Morgan fingerprint density at radius 2 is 2.33 bits per heavy atom. The zero-order valence-corrected chi connectivity index (χ0v) is 9.13. The summed E-state index contributed by atoms with van der Waals surface area (Å²) in [5.41, 5.74) is 0.797. The first-order valence-corrected chi connectivity index (χ1v) is 5.28. The molecule has 0 aliphatic carbocycles. The lowest BCUT2D eigenvalue weighted by atomic mass is 10.3. The summed E-state index contributed by atoms with van der Waals surface area (Å²) in [4.78, 5) is 18.9. The molecule has 0 amide bonds. The fourth-order valence-electron chi connectivity index (χ4n) is 1.06. The minimum absolute atomic E-state index is 0.150. The van der Waals surface area contributed by atoms with Crippen LogP contribution < -0.4 is 0 Å². The van der Waals surface area contributed by atoms with Crippen LogP contribution in [0.15, 0.2) is 29.6 Å². The first-order valence-electron chi connectivity index (χ1n) is 4.02. The van der Waals surface area contributed by atoms with Crippen molar-refractivity contribution < 1.29 is 9.90 Å². The molecule has 0 atom stereocenters. The second-order valence-corrected chi connectivity index (χ2v) is 4.14. The van der Waals surface area contributed by atoms with Crippen molar-refractivity contribution in [3.05, 3.63) is 29.4 Å². The van der Waals surface area contributed by atoms with Gasteiger partial charge in [-0.2, -0.15) is 0 Å². The maximum atomic E-state index is 10.8. The minimum atomic E-state index is -1.01. The molecule has 76 valence electrons. The molecule has 0 aromatic carbocycles. The molecule has 2 rings (SSSR count). The summed E-state index contributed by atoms with van der Waals surface area (Å²) in [5.74, 6) is -1.01. The van der Waals surface area contributed by atoms with Crippen LogP contribution in [0.25, 0.3) is 10.6 Å². The number of carbonyl (C=O) groups is 1. The van der Waals surface area contributed by atoms with Crippen molar-refractivity contribution >= 4 is 29.9 Å². The third kappa shape index (κ3) is 2.00. The van der Waals surface area contributed by atoms with Crippen LogP contribution in [-0.4, -0.2) is 21.0 Å². The molecule has 0 spiro atoms. The number of rotatable bonds is 2. The molecule has 2 heterocycles. The number of nitrogens with zero attached hydrogens (tertiary/aromatic N) is 2. The van der Waals surface area contributed by atoms with E-state index in [9.17, 15) is 4.79 Å². The van der Waals surface area contributed by atoms with Gasteiger partial charge >= 0.3 is 5.97 Å². The van der Waals surface area contributed by atoms with Gasteiger partial charge in [0.15, 0.2) is 0 Å². The van der Waals surface area contributed by atoms with Crippen molar-refractivity contribution in [3.8, 4) is 10.6 Å². The van der Waals surface area contributed by atoms with Gasteiger partial charge < -0.3 is 5.11 Å². The minimum Gasteiger partial charge on any atom is -0.477 e. The van der Waals surface area contributed by atoms with Gasteiger partial charge in [0, 0.05) is 18.0 Å². The van der Waals surface area contributed by atoms with Gasteiger partial charge in [-0.05, 0) is 12.1 Å². The van der Waals surface area contributed by atoms with E-state index in [0.717, 1.165) is 16.9 Å². The van der Waals surface area contributed by atoms with Gasteiger partial charge in [0.1, 0.15) is 14.9 Å². The Morgan fingerprint density at radius 3 is 2.87 bits per heavy atom. The Kier molecular flexibility index (Phi) is 2.70. The van der Waals surface area contributed by atoms with E-state index in [-0.39, 0.29) is 9.90 Å². The Hall–Kier alpha value is -1.40. The predicted molar refractivity (Wildman–Crippen MR) is 59.6 cm³/mol. The van der Waals surface area contributed by atoms with Crippen molar-refractivity contribution in [1.29, 1.82) is 0 Å². The third-order valence-corrected chi connectivity index (χ3v) is 3.28. The summed E-state index contributed by atoms with van der Waals surface area (Å²) in [7, 11) is 0. The van der Waals surface area contributed by atoms with Gasteiger partial charge in [-0.25, -0.2) is 9.78 Å². The molecule has 0 saturated heterocycles. The van der Waals surface area contributed by atoms with E-state index in [2.05, 4.69) is 22.6 Å². The number of carboxylic acid groups (broad SMARTS) is 1. The highest BCUT2D eigenvalue weighted by molar-refractivity contribution is 7.80. The zero-order valence-electron chi connectivity index (χ0n) is 7.41. The van der Waals surface area contributed by atoms with Crippen molar-refractivity contribution in [1.82, 2.24) is 9.97 Å². The number of hydrogen-bond donors (Lipinski definition) is 2. The first-order chi connectivity index (χ1) is 7.18. The van der Waals surface area contributed by atoms with E-state index in [1.54, 1.807) is 18.5 Å². The average molecular weight is 238 g/mol. The second kappa shape index (κ2) is 4.00. The van der Waals surface area contributed by atoms with Crippen LogP contribution in [0.5, 0.6) is 0 Å². The standard InChI is InChI=1S/C9H6N2O2S2/c12-9(13)6-7(14)11-8(15-6)5-2-1-3-10-4-5/h1-4,14H,(H,12,13). The first kappa shape index (κ1) is 10.1. The van der Waals surface area contributed by atoms with E-state index in [0.29, 0.717) is 5.01 Å². The Labute approximate surface area is 95.0 Å². The van der Waals surface area contributed by atoms with Gasteiger partial charge in [-0.3, -0.25) is 4.98 Å². The van der Waals surface area contributed by atoms with Crippen LogP contribution in [-0.2, 0) is 0 Å². The van der Waals surface area contributed by atoms with Crippen molar-refractivity contribution in [2.24, 2.45) is 0 Å². The quantitative estimate of drug-likeness (QED) is 0.787.